The van der Waals surface area contributed by atoms with Crippen LogP contribution >= 0.6 is 0 Å². The van der Waals surface area contributed by atoms with E-state index in [1.54, 1.807) is 30.3 Å². The quantitative estimate of drug-likeness (QED) is 0.454. The van der Waals surface area contributed by atoms with Gasteiger partial charge in [0.15, 0.2) is 17.3 Å². The van der Waals surface area contributed by atoms with E-state index in [1.807, 2.05) is 18.2 Å². The molecular weight excluding hydrogens is 428 g/mol. The lowest BCUT2D eigenvalue weighted by molar-refractivity contribution is 0.411. The number of rotatable bonds is 6. The van der Waals surface area contributed by atoms with Gasteiger partial charge in [-0.1, -0.05) is 18.2 Å². The maximum absolute atomic E-state index is 13.4. The Balaban J connectivity index is 1.80. The SMILES string of the molecule is COc1cc(-n2cc(F)c(F)c2)ccc1-n1ccc(=O)c(C(C=CN)=Nc2ccccc2)n1. The zero-order valence-electron chi connectivity index (χ0n) is 17.5. The Labute approximate surface area is 187 Å². The first-order chi connectivity index (χ1) is 16.0. The third kappa shape index (κ3) is 4.57. The van der Waals surface area contributed by atoms with Crippen LogP contribution < -0.4 is 15.9 Å². The molecule has 4 aromatic rings. The number of allylic oxidation sites excluding steroid dienone is 1. The van der Waals surface area contributed by atoms with Gasteiger partial charge in [0.1, 0.15) is 11.4 Å². The Bertz CT molecular complexity index is 1390. The predicted octanol–water partition coefficient (Wildman–Crippen LogP) is 3.90. The monoisotopic (exact) mass is 447 g/mol. The van der Waals surface area contributed by atoms with E-state index in [4.69, 9.17) is 10.5 Å². The number of aromatic nitrogens is 3. The first kappa shape index (κ1) is 21.7. The normalized spacial score (nSPS) is 11.8. The van der Waals surface area contributed by atoms with Crippen molar-refractivity contribution in [1.82, 2.24) is 14.3 Å². The van der Waals surface area contributed by atoms with Crippen LogP contribution in [0.2, 0.25) is 0 Å². The van der Waals surface area contributed by atoms with E-state index >= 15 is 0 Å². The van der Waals surface area contributed by atoms with Crippen molar-refractivity contribution >= 4 is 11.4 Å². The van der Waals surface area contributed by atoms with Crippen molar-refractivity contribution < 1.29 is 13.5 Å². The Kier molecular flexibility index (Phi) is 6.12. The van der Waals surface area contributed by atoms with Gasteiger partial charge in [-0.05, 0) is 36.5 Å². The van der Waals surface area contributed by atoms with E-state index in [-0.39, 0.29) is 16.8 Å². The minimum absolute atomic E-state index is 0.0868. The molecule has 166 valence electrons. The van der Waals surface area contributed by atoms with Crippen LogP contribution in [0, 0.1) is 11.6 Å². The molecule has 9 heteroatoms. The minimum Gasteiger partial charge on any atom is -0.494 e. The second-order valence-corrected chi connectivity index (χ2v) is 6.88. The van der Waals surface area contributed by atoms with Crippen molar-refractivity contribution in [2.24, 2.45) is 10.7 Å². The Morgan fingerprint density at radius 1 is 1.09 bits per heavy atom. The first-order valence-corrected chi connectivity index (χ1v) is 9.84. The van der Waals surface area contributed by atoms with Crippen LogP contribution in [-0.2, 0) is 0 Å². The van der Waals surface area contributed by atoms with Crippen LogP contribution in [0.5, 0.6) is 5.75 Å². The molecule has 0 aliphatic rings. The lowest BCUT2D eigenvalue weighted by Gasteiger charge is -2.13. The summed E-state index contributed by atoms with van der Waals surface area (Å²) >= 11 is 0. The molecule has 33 heavy (non-hydrogen) atoms. The van der Waals surface area contributed by atoms with Gasteiger partial charge in [-0.15, -0.1) is 0 Å². The van der Waals surface area contributed by atoms with Gasteiger partial charge in [-0.3, -0.25) is 4.79 Å². The minimum atomic E-state index is -0.956. The highest BCUT2D eigenvalue weighted by atomic mass is 19.2. The highest BCUT2D eigenvalue weighted by molar-refractivity contribution is 6.08. The van der Waals surface area contributed by atoms with E-state index in [2.05, 4.69) is 10.1 Å². The topological polar surface area (TPSA) is 87.4 Å². The number of hydrogen-bond donors (Lipinski definition) is 1. The molecule has 2 aromatic carbocycles. The van der Waals surface area contributed by atoms with Gasteiger partial charge in [0.2, 0.25) is 5.43 Å². The van der Waals surface area contributed by atoms with Gasteiger partial charge in [0, 0.05) is 36.4 Å². The molecule has 0 amide bonds. The van der Waals surface area contributed by atoms with Crippen LogP contribution in [0.3, 0.4) is 0 Å². The van der Waals surface area contributed by atoms with Crippen molar-refractivity contribution in [2.45, 2.75) is 0 Å². The number of hydrogen-bond acceptors (Lipinski definition) is 5. The average molecular weight is 447 g/mol. The van der Waals surface area contributed by atoms with Crippen molar-refractivity contribution in [3.8, 4) is 17.1 Å². The molecule has 0 spiro atoms. The summed E-state index contributed by atoms with van der Waals surface area (Å²) in [6.45, 7) is 0. The molecule has 2 aromatic heterocycles. The summed E-state index contributed by atoms with van der Waals surface area (Å²) in [6, 6.07) is 15.4. The van der Waals surface area contributed by atoms with Crippen molar-refractivity contribution in [3.63, 3.8) is 0 Å². The standard InChI is InChI=1S/C24H19F2N5O2/c1-33-23-13-17(30-14-18(25)19(26)15-30)7-8-21(23)31-12-10-22(32)24(29-31)20(9-11-27)28-16-5-3-2-4-6-16/h2-15H,27H2,1H3. The number of nitrogens with two attached hydrogens (primary N) is 1. The van der Waals surface area contributed by atoms with Crippen molar-refractivity contribution in [3.05, 3.63) is 113 Å². The molecule has 0 saturated heterocycles. The maximum Gasteiger partial charge on any atom is 0.209 e. The summed E-state index contributed by atoms with van der Waals surface area (Å²) < 4.78 is 35.1. The summed E-state index contributed by atoms with van der Waals surface area (Å²) in [4.78, 5) is 17.1. The molecule has 0 saturated carbocycles. The third-order valence-corrected chi connectivity index (χ3v) is 4.75. The van der Waals surface area contributed by atoms with Crippen molar-refractivity contribution in [1.29, 1.82) is 0 Å². The number of para-hydroxylation sites is 1. The number of ether oxygens (including phenoxy) is 1. The van der Waals surface area contributed by atoms with Crippen LogP contribution in [-0.4, -0.2) is 27.2 Å². The van der Waals surface area contributed by atoms with E-state index in [0.29, 0.717) is 22.8 Å². The molecule has 0 unspecified atom stereocenters. The van der Waals surface area contributed by atoms with E-state index in [1.165, 1.54) is 40.9 Å². The van der Waals surface area contributed by atoms with Crippen LogP contribution in [0.1, 0.15) is 5.69 Å². The molecule has 0 atom stereocenters. The molecule has 0 aliphatic heterocycles. The fraction of sp³-hybridized carbons (Fsp3) is 0.0417. The molecule has 0 aliphatic carbocycles. The molecule has 7 nitrogen and oxygen atoms in total. The average Bonchev–Trinajstić information content (AvgIpc) is 3.17. The van der Waals surface area contributed by atoms with Crippen LogP contribution in [0.4, 0.5) is 14.5 Å². The number of aliphatic imine (C=N–C) groups is 1. The van der Waals surface area contributed by atoms with Gasteiger partial charge in [0.25, 0.3) is 0 Å². The summed E-state index contributed by atoms with van der Waals surface area (Å²) in [5.74, 6) is -1.54. The second kappa shape index (κ2) is 9.31. The Hall–Kier alpha value is -4.53. The fourth-order valence-electron chi connectivity index (χ4n) is 3.19. The largest absolute Gasteiger partial charge is 0.494 e. The zero-order chi connectivity index (χ0) is 23.4. The molecule has 4 rings (SSSR count). The Morgan fingerprint density at radius 2 is 1.82 bits per heavy atom. The van der Waals surface area contributed by atoms with Gasteiger partial charge in [-0.25, -0.2) is 18.5 Å². The Morgan fingerprint density at radius 3 is 2.48 bits per heavy atom. The predicted molar refractivity (Wildman–Crippen MR) is 122 cm³/mol. The molecule has 0 radical (unpaired) electrons. The number of halogens is 2. The summed E-state index contributed by atoms with van der Waals surface area (Å²) in [7, 11) is 1.46. The molecule has 2 N–H and O–H groups in total. The molecule has 0 fully saturated rings. The second-order valence-electron chi connectivity index (χ2n) is 6.88. The molecule has 2 heterocycles. The number of methoxy groups -OCH3 is 1. The highest BCUT2D eigenvalue weighted by Crippen LogP contribution is 2.26. The third-order valence-electron chi connectivity index (χ3n) is 4.75. The lowest BCUT2D eigenvalue weighted by atomic mass is 10.2. The maximum atomic E-state index is 13.4. The number of benzene rings is 2. The van der Waals surface area contributed by atoms with E-state index < -0.39 is 11.6 Å². The highest BCUT2D eigenvalue weighted by Gasteiger charge is 2.14. The van der Waals surface area contributed by atoms with E-state index in [0.717, 1.165) is 12.4 Å². The van der Waals surface area contributed by atoms with Crippen LogP contribution in [0.15, 0.2) is 95.3 Å². The van der Waals surface area contributed by atoms with Crippen molar-refractivity contribution in [2.75, 3.05) is 7.11 Å². The van der Waals surface area contributed by atoms with Crippen LogP contribution in [0.25, 0.3) is 11.4 Å². The summed E-state index contributed by atoms with van der Waals surface area (Å²) in [5, 5.41) is 4.45. The smallest absolute Gasteiger partial charge is 0.209 e. The fourth-order valence-corrected chi connectivity index (χ4v) is 3.19. The van der Waals surface area contributed by atoms with E-state index in [9.17, 15) is 13.6 Å². The lowest BCUT2D eigenvalue weighted by Crippen LogP contribution is -2.20. The molecular formula is C24H19F2N5O2. The molecule has 0 bridgehead atoms. The van der Waals surface area contributed by atoms with Gasteiger partial charge < -0.3 is 15.0 Å². The van der Waals surface area contributed by atoms with Gasteiger partial charge in [-0.2, -0.15) is 5.10 Å². The zero-order valence-corrected chi connectivity index (χ0v) is 17.5. The number of nitrogens with zero attached hydrogens (tertiary/aromatic N) is 4. The van der Waals surface area contributed by atoms with Gasteiger partial charge in [0.05, 0.1) is 18.5 Å². The first-order valence-electron chi connectivity index (χ1n) is 9.84. The summed E-state index contributed by atoms with van der Waals surface area (Å²) in [6.07, 6.45) is 6.34. The van der Waals surface area contributed by atoms with Gasteiger partial charge >= 0.3 is 0 Å². The summed E-state index contributed by atoms with van der Waals surface area (Å²) in [5.41, 5.74) is 7.24.